The molecule has 0 saturated carbocycles. The molecule has 1 aromatic heterocycles. The SMILES string of the molecule is [2H]c1c([2H])c([2H])c(-c2c([2H])c([2H])c(-c3c([2H])c([2H])c(N(c4cccc(-c5cccc6oc7c8ccccc8ccc7c56)c4)c4c([2H])c([2H])c(-c5cc6ccccc6c6ccccc56)c([2H])c4[2H])c([2H])c3[2H])c([2H])c2[2H])c([2H])c1[2H]. The lowest BCUT2D eigenvalue weighted by Gasteiger charge is -2.26. The molecule has 0 N–H and O–H groups in total. The van der Waals surface area contributed by atoms with Crippen LogP contribution in [-0.4, -0.2) is 0 Å². The van der Waals surface area contributed by atoms with Crippen LogP contribution in [0, 0.1) is 0 Å². The third kappa shape index (κ3) is 6.12. The van der Waals surface area contributed by atoms with Gasteiger partial charge in [-0.3, -0.25) is 0 Å². The molecule has 0 saturated heterocycles. The van der Waals surface area contributed by atoms with Gasteiger partial charge in [-0.2, -0.15) is 0 Å². The molecule has 290 valence electrons. The summed E-state index contributed by atoms with van der Waals surface area (Å²) in [5.41, 5.74) is -0.556. The fraction of sp³-hybridized carbons (Fsp3) is 0. The zero-order valence-corrected chi connectivity index (χ0v) is 32.6. The van der Waals surface area contributed by atoms with Crippen LogP contribution in [0.5, 0.6) is 0 Å². The molecule has 0 aliphatic rings. The lowest BCUT2D eigenvalue weighted by Crippen LogP contribution is -2.10. The van der Waals surface area contributed by atoms with Gasteiger partial charge in [0.1, 0.15) is 11.2 Å². The number of nitrogens with zero attached hydrogens (tertiary/aromatic N) is 1. The first-order valence-corrected chi connectivity index (χ1v) is 19.9. The van der Waals surface area contributed by atoms with Crippen LogP contribution in [-0.2, 0) is 0 Å². The summed E-state index contributed by atoms with van der Waals surface area (Å²) in [7, 11) is 0. The van der Waals surface area contributed by atoms with Crippen LogP contribution >= 0.6 is 0 Å². The summed E-state index contributed by atoms with van der Waals surface area (Å²) in [6.45, 7) is 0. The van der Waals surface area contributed by atoms with E-state index in [0.717, 1.165) is 42.6 Å². The smallest absolute Gasteiger partial charge is 0.143 e. The molecule has 12 rings (SSSR count). The first-order chi connectivity index (χ1) is 37.8. The van der Waals surface area contributed by atoms with Gasteiger partial charge < -0.3 is 9.32 Å². The van der Waals surface area contributed by atoms with E-state index in [0.29, 0.717) is 33.2 Å². The molecule has 0 fully saturated rings. The molecule has 0 unspecified atom stereocenters. The molecule has 0 amide bonds. The van der Waals surface area contributed by atoms with Crippen molar-refractivity contribution in [2.75, 3.05) is 4.90 Å². The Kier molecular flexibility index (Phi) is 5.36. The molecule has 11 aromatic carbocycles. The summed E-state index contributed by atoms with van der Waals surface area (Å²) in [6.07, 6.45) is 0. The Balaban J connectivity index is 1.12. The van der Waals surface area contributed by atoms with E-state index >= 15 is 0 Å². The van der Waals surface area contributed by atoms with Crippen molar-refractivity contribution in [3.63, 3.8) is 0 Å². The molecule has 0 bridgehead atoms. The van der Waals surface area contributed by atoms with Crippen molar-refractivity contribution >= 4 is 71.3 Å². The van der Waals surface area contributed by atoms with Crippen molar-refractivity contribution in [3.8, 4) is 44.5 Å². The van der Waals surface area contributed by atoms with Crippen molar-refractivity contribution in [3.05, 3.63) is 236 Å². The fourth-order valence-corrected chi connectivity index (χ4v) is 8.27. The molecule has 0 spiro atoms. The van der Waals surface area contributed by atoms with Gasteiger partial charge in [-0.15, -0.1) is 0 Å². The molecule has 0 radical (unpaired) electrons. The van der Waals surface area contributed by atoms with Gasteiger partial charge in [0.2, 0.25) is 0 Å². The fourth-order valence-electron chi connectivity index (χ4n) is 8.27. The second-order valence-electron chi connectivity index (χ2n) is 14.7. The third-order valence-corrected chi connectivity index (χ3v) is 11.1. The standard InChI is InChI=1S/C60H39NO/c1-2-12-40(13-3-1)41-24-26-42(27-25-41)43-28-33-48(34-29-43)61(49-35-30-45(31-36-49)57-39-47-15-5-6-18-51(47)54-20-8-9-21-55(54)57)50-17-10-16-46(38-50)52-22-11-23-58-59(52)56-37-32-44-14-4-7-19-53(44)60(56)62-58/h1-39H/i1D,2D,3D,12D,13D,24D,25D,26D,27D,28D,29D,30D,31D,33D,34D,35D,36D. The van der Waals surface area contributed by atoms with E-state index in [4.69, 9.17) is 14.0 Å². The van der Waals surface area contributed by atoms with E-state index in [-0.39, 0.29) is 11.3 Å². The summed E-state index contributed by atoms with van der Waals surface area (Å²) in [5.74, 6) is 0. The molecular weight excluding hydrogens is 751 g/mol. The largest absolute Gasteiger partial charge is 0.455 e. The maximum absolute atomic E-state index is 9.86. The Hall–Kier alpha value is -8.20. The highest BCUT2D eigenvalue weighted by molar-refractivity contribution is 6.19. The monoisotopic (exact) mass is 806 g/mol. The van der Waals surface area contributed by atoms with Crippen LogP contribution in [0.25, 0.3) is 98.8 Å². The van der Waals surface area contributed by atoms with Gasteiger partial charge in [0.25, 0.3) is 0 Å². The number of hydrogen-bond acceptors (Lipinski definition) is 2. The minimum atomic E-state index is -0.883. The van der Waals surface area contributed by atoms with Crippen molar-refractivity contribution in [2.45, 2.75) is 0 Å². The number of rotatable bonds is 7. The Morgan fingerprint density at radius 1 is 0.339 bits per heavy atom. The molecule has 2 heteroatoms. The van der Waals surface area contributed by atoms with Gasteiger partial charge in [-0.05, 0) is 126 Å². The third-order valence-electron chi connectivity index (χ3n) is 11.1. The Morgan fingerprint density at radius 2 is 0.919 bits per heavy atom. The van der Waals surface area contributed by atoms with Crippen molar-refractivity contribution in [2.24, 2.45) is 0 Å². The normalized spacial score (nSPS) is 15.4. The van der Waals surface area contributed by atoms with E-state index in [1.54, 1.807) is 18.2 Å². The van der Waals surface area contributed by atoms with E-state index in [1.807, 2.05) is 115 Å². The molecule has 0 aliphatic heterocycles. The highest BCUT2D eigenvalue weighted by atomic mass is 16.3. The summed E-state index contributed by atoms with van der Waals surface area (Å²) < 4.78 is 162. The quantitative estimate of drug-likeness (QED) is 0.149. The average molecular weight is 807 g/mol. The topological polar surface area (TPSA) is 16.4 Å². The van der Waals surface area contributed by atoms with Gasteiger partial charge >= 0.3 is 0 Å². The molecular formula is C60H39NO. The molecule has 1 heterocycles. The van der Waals surface area contributed by atoms with Crippen LogP contribution in [0.15, 0.2) is 241 Å². The molecule has 2 nitrogen and oxygen atoms in total. The highest BCUT2D eigenvalue weighted by Gasteiger charge is 2.18. The van der Waals surface area contributed by atoms with E-state index in [1.165, 1.54) is 0 Å². The second-order valence-corrected chi connectivity index (χ2v) is 14.7. The van der Waals surface area contributed by atoms with Gasteiger partial charge in [0.05, 0.1) is 23.3 Å². The minimum Gasteiger partial charge on any atom is -0.455 e. The van der Waals surface area contributed by atoms with Crippen molar-refractivity contribution in [1.29, 1.82) is 0 Å². The number of fused-ring (bicyclic) bond motifs is 8. The Morgan fingerprint density at radius 3 is 1.65 bits per heavy atom. The van der Waals surface area contributed by atoms with Gasteiger partial charge in [0.15, 0.2) is 0 Å². The molecule has 0 aliphatic carbocycles. The predicted octanol–water partition coefficient (Wildman–Crippen LogP) is 17.2. The van der Waals surface area contributed by atoms with Crippen LogP contribution in [0.3, 0.4) is 0 Å². The average Bonchev–Trinajstić information content (AvgIpc) is 4.01. The van der Waals surface area contributed by atoms with Crippen LogP contribution in [0.4, 0.5) is 17.1 Å². The van der Waals surface area contributed by atoms with E-state index in [2.05, 4.69) is 0 Å². The lowest BCUT2D eigenvalue weighted by molar-refractivity contribution is 0.673. The molecule has 0 atom stereocenters. The lowest BCUT2D eigenvalue weighted by atomic mass is 9.93. The second kappa shape index (κ2) is 14.8. The predicted molar refractivity (Wildman–Crippen MR) is 263 cm³/mol. The van der Waals surface area contributed by atoms with Gasteiger partial charge in [-0.1, -0.05) is 182 Å². The zero-order chi connectivity index (χ0) is 55.8. The number of hydrogen-bond donors (Lipinski definition) is 0. The van der Waals surface area contributed by atoms with Crippen LogP contribution < -0.4 is 4.90 Å². The summed E-state index contributed by atoms with van der Waals surface area (Å²) in [5, 5.41) is 6.63. The highest BCUT2D eigenvalue weighted by Crippen LogP contribution is 2.43. The Bertz CT molecular complexity index is 4550. The number of anilines is 3. The van der Waals surface area contributed by atoms with Crippen LogP contribution in [0.2, 0.25) is 0 Å². The summed E-state index contributed by atoms with van der Waals surface area (Å²) >= 11 is 0. The van der Waals surface area contributed by atoms with Crippen molar-refractivity contribution in [1.82, 2.24) is 0 Å². The zero-order valence-electron chi connectivity index (χ0n) is 49.6. The number of benzene rings is 11. The Labute approximate surface area is 384 Å². The molecule has 12 aromatic rings. The summed E-state index contributed by atoms with van der Waals surface area (Å²) in [6, 6.07) is 28.2. The first kappa shape index (κ1) is 22.4. The minimum absolute atomic E-state index is 0.0225. The first-order valence-electron chi connectivity index (χ1n) is 28.4. The summed E-state index contributed by atoms with van der Waals surface area (Å²) in [4.78, 5) is 1.15. The van der Waals surface area contributed by atoms with Crippen LogP contribution in [0.1, 0.15) is 23.3 Å². The van der Waals surface area contributed by atoms with Gasteiger partial charge in [-0.25, -0.2) is 0 Å². The van der Waals surface area contributed by atoms with Crippen molar-refractivity contribution < 1.29 is 27.7 Å². The van der Waals surface area contributed by atoms with Gasteiger partial charge in [0, 0.05) is 33.2 Å². The van der Waals surface area contributed by atoms with E-state index in [9.17, 15) is 13.7 Å². The van der Waals surface area contributed by atoms with E-state index < -0.39 is 136 Å². The molecule has 62 heavy (non-hydrogen) atoms. The number of furan rings is 1. The maximum Gasteiger partial charge on any atom is 0.143 e. The maximum atomic E-state index is 9.86.